The number of anilines is 1. The Kier molecular flexibility index (Phi) is 3.21. The summed E-state index contributed by atoms with van der Waals surface area (Å²) in [4.78, 5) is 11.4. The average molecular weight is 265 g/mol. The summed E-state index contributed by atoms with van der Waals surface area (Å²) < 4.78 is 0. The molecular formula is C16H15N3O. The number of hydrazone groups is 1. The van der Waals surface area contributed by atoms with Gasteiger partial charge >= 0.3 is 0 Å². The Labute approximate surface area is 117 Å². The molecule has 0 unspecified atom stereocenters. The highest BCUT2D eigenvalue weighted by Gasteiger charge is 2.31. The molecule has 1 heterocycles. The third kappa shape index (κ3) is 2.28. The molecule has 1 atom stereocenters. The maximum Gasteiger partial charge on any atom is 0.265 e. The number of hydrogen-bond donors (Lipinski definition) is 1. The Morgan fingerprint density at radius 1 is 1.05 bits per heavy atom. The summed E-state index contributed by atoms with van der Waals surface area (Å²) in [5.41, 5.74) is 7.88. The van der Waals surface area contributed by atoms with Crippen LogP contribution in [0, 0.1) is 0 Å². The van der Waals surface area contributed by atoms with Crippen molar-refractivity contribution in [3.05, 3.63) is 66.2 Å². The fraction of sp³-hybridized carbons (Fsp3) is 0.125. The highest BCUT2D eigenvalue weighted by Crippen LogP contribution is 2.34. The van der Waals surface area contributed by atoms with Crippen molar-refractivity contribution in [1.29, 1.82) is 0 Å². The molecule has 0 fully saturated rings. The Morgan fingerprint density at radius 2 is 1.65 bits per heavy atom. The van der Waals surface area contributed by atoms with E-state index in [1.54, 1.807) is 0 Å². The maximum absolute atomic E-state index is 11.4. The Hall–Kier alpha value is -2.62. The molecule has 0 saturated heterocycles. The van der Waals surface area contributed by atoms with Gasteiger partial charge in [0.25, 0.3) is 5.91 Å². The molecule has 4 nitrogen and oxygen atoms in total. The summed E-state index contributed by atoms with van der Waals surface area (Å²) in [6.07, 6.45) is 0.536. The van der Waals surface area contributed by atoms with Crippen molar-refractivity contribution in [3.8, 4) is 0 Å². The number of nitrogens with two attached hydrogens (primary N) is 1. The predicted molar refractivity (Wildman–Crippen MR) is 79.4 cm³/mol. The lowest BCUT2D eigenvalue weighted by Crippen LogP contribution is -2.22. The van der Waals surface area contributed by atoms with Crippen LogP contribution in [-0.4, -0.2) is 11.6 Å². The van der Waals surface area contributed by atoms with Gasteiger partial charge in [-0.3, -0.25) is 9.80 Å². The van der Waals surface area contributed by atoms with Gasteiger partial charge in [0, 0.05) is 6.42 Å². The van der Waals surface area contributed by atoms with Crippen LogP contribution in [-0.2, 0) is 4.79 Å². The van der Waals surface area contributed by atoms with Crippen LogP contribution in [0.15, 0.2) is 65.8 Å². The predicted octanol–water partition coefficient (Wildman–Crippen LogP) is 2.48. The summed E-state index contributed by atoms with van der Waals surface area (Å²) in [5.74, 6) is -0.454. The molecule has 0 aromatic heterocycles. The number of primary amides is 1. The van der Waals surface area contributed by atoms with Gasteiger partial charge in [-0.25, -0.2) is 0 Å². The van der Waals surface area contributed by atoms with Gasteiger partial charge in [0.2, 0.25) is 0 Å². The molecule has 3 rings (SSSR count). The summed E-state index contributed by atoms with van der Waals surface area (Å²) in [5, 5.41) is 6.26. The summed E-state index contributed by atoms with van der Waals surface area (Å²) in [7, 11) is 0. The molecule has 0 spiro atoms. The highest BCUT2D eigenvalue weighted by atomic mass is 16.1. The SMILES string of the molecule is NC(=O)C1=NN(c2ccccc2)[C@@H](c2ccccc2)C1. The van der Waals surface area contributed by atoms with Crippen LogP contribution in [0.25, 0.3) is 0 Å². The number of para-hydroxylation sites is 1. The van der Waals surface area contributed by atoms with Crippen LogP contribution in [0.1, 0.15) is 18.0 Å². The minimum Gasteiger partial charge on any atom is -0.364 e. The first kappa shape index (κ1) is 12.4. The van der Waals surface area contributed by atoms with Gasteiger partial charge in [-0.2, -0.15) is 5.10 Å². The third-order valence-electron chi connectivity index (χ3n) is 3.40. The fourth-order valence-corrected chi connectivity index (χ4v) is 2.41. The lowest BCUT2D eigenvalue weighted by molar-refractivity contribution is -0.112. The van der Waals surface area contributed by atoms with E-state index in [0.29, 0.717) is 12.1 Å². The van der Waals surface area contributed by atoms with Gasteiger partial charge in [0.05, 0.1) is 11.7 Å². The number of rotatable bonds is 3. The van der Waals surface area contributed by atoms with Crippen molar-refractivity contribution in [3.63, 3.8) is 0 Å². The van der Waals surface area contributed by atoms with Gasteiger partial charge in [-0.1, -0.05) is 48.5 Å². The zero-order valence-corrected chi connectivity index (χ0v) is 10.9. The van der Waals surface area contributed by atoms with Crippen molar-refractivity contribution >= 4 is 17.3 Å². The molecule has 2 aromatic rings. The second kappa shape index (κ2) is 5.17. The molecule has 1 amide bonds. The second-order valence-corrected chi connectivity index (χ2v) is 4.72. The van der Waals surface area contributed by atoms with Crippen LogP contribution in [0.2, 0.25) is 0 Å². The van der Waals surface area contributed by atoms with E-state index >= 15 is 0 Å². The molecule has 0 saturated carbocycles. The smallest absolute Gasteiger partial charge is 0.265 e. The normalized spacial score (nSPS) is 17.9. The zero-order valence-electron chi connectivity index (χ0n) is 10.9. The number of benzene rings is 2. The minimum absolute atomic E-state index is 0.0149. The molecule has 1 aliphatic rings. The summed E-state index contributed by atoms with van der Waals surface area (Å²) >= 11 is 0. The van der Waals surface area contributed by atoms with E-state index in [4.69, 9.17) is 5.73 Å². The molecule has 100 valence electrons. The lowest BCUT2D eigenvalue weighted by Gasteiger charge is -2.23. The second-order valence-electron chi connectivity index (χ2n) is 4.72. The first-order chi connectivity index (χ1) is 9.75. The quantitative estimate of drug-likeness (QED) is 0.926. The first-order valence-corrected chi connectivity index (χ1v) is 6.52. The molecule has 1 aliphatic heterocycles. The van der Waals surface area contributed by atoms with E-state index in [1.807, 2.05) is 65.7 Å². The van der Waals surface area contributed by atoms with Crippen molar-refractivity contribution in [2.75, 3.05) is 5.01 Å². The van der Waals surface area contributed by atoms with Crippen molar-refractivity contribution in [1.82, 2.24) is 0 Å². The van der Waals surface area contributed by atoms with E-state index in [0.717, 1.165) is 11.3 Å². The van der Waals surface area contributed by atoms with Gasteiger partial charge in [0.15, 0.2) is 0 Å². The molecular weight excluding hydrogens is 250 g/mol. The van der Waals surface area contributed by atoms with Crippen LogP contribution in [0.3, 0.4) is 0 Å². The Morgan fingerprint density at radius 3 is 2.25 bits per heavy atom. The molecule has 2 aromatic carbocycles. The van der Waals surface area contributed by atoms with Crippen molar-refractivity contribution < 1.29 is 4.79 Å². The summed E-state index contributed by atoms with van der Waals surface area (Å²) in [6, 6.07) is 19.9. The monoisotopic (exact) mass is 265 g/mol. The number of amides is 1. The standard InChI is InChI=1S/C16H15N3O/c17-16(20)14-11-15(12-7-3-1-4-8-12)19(18-14)13-9-5-2-6-10-13/h1-10,15H,11H2,(H2,17,20)/t15-/m1/s1. The van der Waals surface area contributed by atoms with E-state index in [-0.39, 0.29) is 6.04 Å². The number of carbonyl (C=O) groups is 1. The molecule has 0 radical (unpaired) electrons. The lowest BCUT2D eigenvalue weighted by atomic mass is 10.0. The van der Waals surface area contributed by atoms with E-state index in [2.05, 4.69) is 5.10 Å². The molecule has 0 bridgehead atoms. The maximum atomic E-state index is 11.4. The zero-order chi connectivity index (χ0) is 13.9. The molecule has 20 heavy (non-hydrogen) atoms. The van der Waals surface area contributed by atoms with Crippen LogP contribution < -0.4 is 10.7 Å². The fourth-order valence-electron chi connectivity index (χ4n) is 2.41. The molecule has 2 N–H and O–H groups in total. The van der Waals surface area contributed by atoms with E-state index in [9.17, 15) is 4.79 Å². The number of hydrogen-bond acceptors (Lipinski definition) is 3. The van der Waals surface area contributed by atoms with Gasteiger partial charge in [0.1, 0.15) is 5.71 Å². The van der Waals surface area contributed by atoms with Gasteiger partial charge in [-0.05, 0) is 17.7 Å². The minimum atomic E-state index is -0.454. The average Bonchev–Trinajstić information content (AvgIpc) is 2.94. The van der Waals surface area contributed by atoms with Crippen LogP contribution >= 0.6 is 0 Å². The number of nitrogens with zero attached hydrogens (tertiary/aromatic N) is 2. The topological polar surface area (TPSA) is 58.7 Å². The highest BCUT2D eigenvalue weighted by molar-refractivity contribution is 6.39. The van der Waals surface area contributed by atoms with E-state index in [1.165, 1.54) is 0 Å². The third-order valence-corrected chi connectivity index (χ3v) is 3.40. The van der Waals surface area contributed by atoms with E-state index < -0.39 is 5.91 Å². The Bertz CT molecular complexity index is 637. The van der Waals surface area contributed by atoms with Crippen molar-refractivity contribution in [2.45, 2.75) is 12.5 Å². The van der Waals surface area contributed by atoms with Crippen LogP contribution in [0.4, 0.5) is 5.69 Å². The number of carbonyl (C=O) groups excluding carboxylic acids is 1. The summed E-state index contributed by atoms with van der Waals surface area (Å²) in [6.45, 7) is 0. The van der Waals surface area contributed by atoms with Crippen LogP contribution in [0.5, 0.6) is 0 Å². The molecule has 4 heteroatoms. The van der Waals surface area contributed by atoms with Gasteiger partial charge in [-0.15, -0.1) is 0 Å². The molecule has 0 aliphatic carbocycles. The van der Waals surface area contributed by atoms with Gasteiger partial charge < -0.3 is 5.73 Å². The Balaban J connectivity index is 2.00. The van der Waals surface area contributed by atoms with Crippen molar-refractivity contribution in [2.24, 2.45) is 10.8 Å². The largest absolute Gasteiger partial charge is 0.364 e. The first-order valence-electron chi connectivity index (χ1n) is 6.52.